The summed E-state index contributed by atoms with van der Waals surface area (Å²) in [6.45, 7) is 4.00. The Kier molecular flexibility index (Phi) is 5.07. The predicted molar refractivity (Wildman–Crippen MR) is 112 cm³/mol. The smallest absolute Gasteiger partial charge is 0.254 e. The van der Waals surface area contributed by atoms with E-state index in [1.54, 1.807) is 35.4 Å². The molecular formula is C21H20ClN5O2. The number of anilines is 1. The molecule has 2 amide bonds. The molecule has 1 aliphatic heterocycles. The fourth-order valence-corrected chi connectivity index (χ4v) is 3.87. The first-order valence-electron chi connectivity index (χ1n) is 9.30. The summed E-state index contributed by atoms with van der Waals surface area (Å²) < 4.78 is 0. The van der Waals surface area contributed by atoms with Gasteiger partial charge < -0.3 is 15.5 Å². The molecule has 0 unspecified atom stereocenters. The minimum atomic E-state index is -0.512. The van der Waals surface area contributed by atoms with Gasteiger partial charge in [-0.25, -0.2) is 4.98 Å². The number of nitrogens with two attached hydrogens (primary N) is 1. The zero-order valence-electron chi connectivity index (χ0n) is 15.9. The van der Waals surface area contributed by atoms with Gasteiger partial charge in [-0.05, 0) is 31.2 Å². The van der Waals surface area contributed by atoms with E-state index < -0.39 is 5.91 Å². The summed E-state index contributed by atoms with van der Waals surface area (Å²) in [5, 5.41) is 1.27. The fourth-order valence-electron chi connectivity index (χ4n) is 3.65. The van der Waals surface area contributed by atoms with Gasteiger partial charge in [0, 0.05) is 43.5 Å². The van der Waals surface area contributed by atoms with Crippen LogP contribution in [0.1, 0.15) is 26.4 Å². The molecule has 4 rings (SSSR count). The maximum Gasteiger partial charge on any atom is 0.254 e. The van der Waals surface area contributed by atoms with Gasteiger partial charge in [0.2, 0.25) is 0 Å². The molecule has 0 aliphatic carbocycles. The van der Waals surface area contributed by atoms with Crippen LogP contribution in [0.4, 0.5) is 5.82 Å². The van der Waals surface area contributed by atoms with Crippen molar-refractivity contribution in [3.8, 4) is 0 Å². The zero-order valence-corrected chi connectivity index (χ0v) is 16.7. The summed E-state index contributed by atoms with van der Waals surface area (Å²) in [5.41, 5.74) is 7.83. The number of piperazine rings is 1. The highest BCUT2D eigenvalue weighted by Gasteiger charge is 2.26. The van der Waals surface area contributed by atoms with Crippen LogP contribution in [0.15, 0.2) is 42.6 Å². The fraction of sp³-hybridized carbons (Fsp3) is 0.238. The van der Waals surface area contributed by atoms with E-state index in [4.69, 9.17) is 17.3 Å². The number of aryl methyl sites for hydroxylation is 1. The highest BCUT2D eigenvalue weighted by Crippen LogP contribution is 2.27. The van der Waals surface area contributed by atoms with E-state index >= 15 is 0 Å². The van der Waals surface area contributed by atoms with Crippen LogP contribution in [-0.2, 0) is 0 Å². The number of hydrogen-bond acceptors (Lipinski definition) is 5. The van der Waals surface area contributed by atoms with Crippen LogP contribution in [0.2, 0.25) is 5.02 Å². The van der Waals surface area contributed by atoms with Crippen molar-refractivity contribution in [2.24, 2.45) is 5.73 Å². The number of amides is 2. The van der Waals surface area contributed by atoms with Crippen molar-refractivity contribution >= 4 is 40.1 Å². The van der Waals surface area contributed by atoms with Crippen LogP contribution in [0.25, 0.3) is 10.9 Å². The van der Waals surface area contributed by atoms with E-state index in [1.807, 2.05) is 24.0 Å². The maximum absolute atomic E-state index is 13.2. The Bertz CT molecular complexity index is 1110. The molecule has 0 radical (unpaired) electrons. The number of carbonyl (C=O) groups excluding carboxylic acids is 2. The lowest BCUT2D eigenvalue weighted by Crippen LogP contribution is -2.49. The molecule has 2 N–H and O–H groups in total. The van der Waals surface area contributed by atoms with Gasteiger partial charge in [-0.2, -0.15) is 0 Å². The topological polar surface area (TPSA) is 92.4 Å². The molecule has 1 saturated heterocycles. The molecule has 3 heterocycles. The number of rotatable bonds is 3. The summed E-state index contributed by atoms with van der Waals surface area (Å²) in [6.07, 6.45) is 1.63. The van der Waals surface area contributed by atoms with Crippen molar-refractivity contribution in [3.63, 3.8) is 0 Å². The van der Waals surface area contributed by atoms with Crippen LogP contribution in [0, 0.1) is 6.92 Å². The number of nitrogens with zero attached hydrogens (tertiary/aromatic N) is 4. The molecule has 8 heteroatoms. The lowest BCUT2D eigenvalue weighted by molar-refractivity contribution is 0.0747. The van der Waals surface area contributed by atoms with E-state index in [-0.39, 0.29) is 5.91 Å². The summed E-state index contributed by atoms with van der Waals surface area (Å²) in [4.78, 5) is 37.5. The Morgan fingerprint density at radius 1 is 1.07 bits per heavy atom. The van der Waals surface area contributed by atoms with E-state index in [2.05, 4.69) is 9.97 Å². The average Bonchev–Trinajstić information content (AvgIpc) is 2.73. The van der Waals surface area contributed by atoms with Gasteiger partial charge in [-0.3, -0.25) is 14.6 Å². The molecule has 0 atom stereocenters. The number of pyridine rings is 2. The van der Waals surface area contributed by atoms with Crippen LogP contribution in [-0.4, -0.2) is 52.9 Å². The summed E-state index contributed by atoms with van der Waals surface area (Å²) >= 11 is 6.28. The second-order valence-corrected chi connectivity index (χ2v) is 7.37. The number of para-hydroxylation sites is 1. The third-order valence-electron chi connectivity index (χ3n) is 5.07. The minimum absolute atomic E-state index is 0.0569. The predicted octanol–water partition coefficient (Wildman–Crippen LogP) is 2.65. The quantitative estimate of drug-likeness (QED) is 0.717. The van der Waals surface area contributed by atoms with Crippen LogP contribution in [0.3, 0.4) is 0 Å². The van der Waals surface area contributed by atoms with E-state index in [0.717, 1.165) is 11.1 Å². The molecule has 0 bridgehead atoms. The van der Waals surface area contributed by atoms with E-state index in [9.17, 15) is 9.59 Å². The number of hydrogen-bond donors (Lipinski definition) is 1. The molecular weight excluding hydrogens is 390 g/mol. The van der Waals surface area contributed by atoms with E-state index in [1.165, 1.54) is 0 Å². The lowest BCUT2D eigenvalue weighted by Gasteiger charge is -2.36. The standard InChI is InChI=1S/C21H20ClN5O2/c1-13-12-16(14-4-2-6-17(22)18(14)25-13)21(29)27-10-8-26(9-11-27)20-15(19(23)28)5-3-7-24-20/h2-7,12H,8-11H2,1H3,(H2,23,28). The molecule has 1 fully saturated rings. The normalized spacial score (nSPS) is 14.3. The van der Waals surface area contributed by atoms with Crippen LogP contribution < -0.4 is 10.6 Å². The third kappa shape index (κ3) is 3.61. The number of fused-ring (bicyclic) bond motifs is 1. The molecule has 148 valence electrons. The lowest BCUT2D eigenvalue weighted by atomic mass is 10.1. The SMILES string of the molecule is Cc1cc(C(=O)N2CCN(c3ncccc3C(N)=O)CC2)c2cccc(Cl)c2n1. The Hall–Kier alpha value is -3.19. The average molecular weight is 410 g/mol. The molecule has 2 aromatic heterocycles. The second kappa shape index (κ2) is 7.67. The third-order valence-corrected chi connectivity index (χ3v) is 5.37. The monoisotopic (exact) mass is 409 g/mol. The maximum atomic E-state index is 13.2. The zero-order chi connectivity index (χ0) is 20.5. The molecule has 1 aliphatic rings. The molecule has 0 spiro atoms. The first-order chi connectivity index (χ1) is 14.0. The van der Waals surface area contributed by atoms with Crippen molar-refractivity contribution < 1.29 is 9.59 Å². The van der Waals surface area contributed by atoms with Crippen LogP contribution >= 0.6 is 11.6 Å². The highest BCUT2D eigenvalue weighted by atomic mass is 35.5. The van der Waals surface area contributed by atoms with E-state index in [0.29, 0.717) is 53.7 Å². The molecule has 1 aromatic carbocycles. The number of benzene rings is 1. The highest BCUT2D eigenvalue weighted by molar-refractivity contribution is 6.35. The summed E-state index contributed by atoms with van der Waals surface area (Å²) in [7, 11) is 0. The number of aromatic nitrogens is 2. The Balaban J connectivity index is 1.57. The molecule has 7 nitrogen and oxygen atoms in total. The van der Waals surface area contributed by atoms with Gasteiger partial charge in [0.1, 0.15) is 5.82 Å². The van der Waals surface area contributed by atoms with Crippen molar-refractivity contribution in [1.29, 1.82) is 0 Å². The summed E-state index contributed by atoms with van der Waals surface area (Å²) in [5.74, 6) is -0.00939. The Labute approximate surface area is 173 Å². The molecule has 29 heavy (non-hydrogen) atoms. The largest absolute Gasteiger partial charge is 0.365 e. The van der Waals surface area contributed by atoms with Crippen molar-refractivity contribution in [2.75, 3.05) is 31.1 Å². The second-order valence-electron chi connectivity index (χ2n) is 6.97. The number of primary amides is 1. The van der Waals surface area contributed by atoms with Crippen molar-refractivity contribution in [1.82, 2.24) is 14.9 Å². The van der Waals surface area contributed by atoms with Gasteiger partial charge in [0.25, 0.3) is 11.8 Å². The van der Waals surface area contributed by atoms with Gasteiger partial charge in [0.15, 0.2) is 0 Å². The number of halogens is 1. The Morgan fingerprint density at radius 3 is 2.55 bits per heavy atom. The first-order valence-corrected chi connectivity index (χ1v) is 9.68. The van der Waals surface area contributed by atoms with Crippen molar-refractivity contribution in [2.45, 2.75) is 6.92 Å². The molecule has 0 saturated carbocycles. The first kappa shape index (κ1) is 19.1. The van der Waals surface area contributed by atoms with Gasteiger partial charge >= 0.3 is 0 Å². The number of carbonyl (C=O) groups is 2. The van der Waals surface area contributed by atoms with Crippen molar-refractivity contribution in [3.05, 3.63) is 64.4 Å². The van der Waals surface area contributed by atoms with Gasteiger partial charge in [0.05, 0.1) is 21.7 Å². The molecule has 3 aromatic rings. The Morgan fingerprint density at radius 2 is 1.83 bits per heavy atom. The van der Waals surface area contributed by atoms with Gasteiger partial charge in [-0.1, -0.05) is 23.7 Å². The van der Waals surface area contributed by atoms with Gasteiger partial charge in [-0.15, -0.1) is 0 Å². The minimum Gasteiger partial charge on any atom is -0.365 e. The van der Waals surface area contributed by atoms with Crippen LogP contribution in [0.5, 0.6) is 0 Å². The summed E-state index contributed by atoms with van der Waals surface area (Å²) in [6, 6.07) is 10.6.